The van der Waals surface area contributed by atoms with Crippen molar-refractivity contribution in [2.45, 2.75) is 25.3 Å². The van der Waals surface area contributed by atoms with Crippen LogP contribution in [0.4, 0.5) is 0 Å². The second-order valence-corrected chi connectivity index (χ2v) is 5.93. The summed E-state index contributed by atoms with van der Waals surface area (Å²) in [7, 11) is 2.08. The lowest BCUT2D eigenvalue weighted by molar-refractivity contribution is -0.146. The minimum atomic E-state index is -0.646. The quantitative estimate of drug-likeness (QED) is 0.909. The number of hydrogen-bond acceptors (Lipinski definition) is 2. The van der Waals surface area contributed by atoms with Crippen molar-refractivity contribution in [1.82, 2.24) is 4.90 Å². The second kappa shape index (κ2) is 5.85. The highest BCUT2D eigenvalue weighted by molar-refractivity contribution is 9.10. The minimum absolute atomic E-state index is 0.120. The van der Waals surface area contributed by atoms with Gasteiger partial charge in [-0.1, -0.05) is 28.1 Å². The van der Waals surface area contributed by atoms with Crippen molar-refractivity contribution in [2.24, 2.45) is 5.92 Å². The van der Waals surface area contributed by atoms with Crippen LogP contribution in [0.15, 0.2) is 28.7 Å². The van der Waals surface area contributed by atoms with Gasteiger partial charge in [0.05, 0.1) is 5.92 Å². The van der Waals surface area contributed by atoms with Gasteiger partial charge in [-0.15, -0.1) is 0 Å². The monoisotopic (exact) mass is 311 g/mol. The Balaban J connectivity index is 1.74. The molecule has 1 saturated carbocycles. The maximum Gasteiger partial charge on any atom is 0.306 e. The molecule has 1 fully saturated rings. The van der Waals surface area contributed by atoms with Gasteiger partial charge in [-0.05, 0) is 44.0 Å². The molecule has 4 heteroatoms. The third kappa shape index (κ3) is 3.33. The number of rotatable bonds is 5. The molecule has 0 unspecified atom stereocenters. The highest BCUT2D eigenvalue weighted by Gasteiger charge is 2.36. The molecule has 0 saturated heterocycles. The van der Waals surface area contributed by atoms with Gasteiger partial charge in [-0.3, -0.25) is 4.79 Å². The van der Waals surface area contributed by atoms with E-state index < -0.39 is 5.97 Å². The molecule has 98 valence electrons. The molecule has 1 aromatic rings. The molecular formula is C14H18BrNO2. The number of aliphatic carboxylic acids is 1. The molecule has 0 bridgehead atoms. The lowest BCUT2D eigenvalue weighted by atomic mass is 9.79. The molecule has 0 heterocycles. The molecular weight excluding hydrogens is 294 g/mol. The van der Waals surface area contributed by atoms with Crippen molar-refractivity contribution < 1.29 is 9.90 Å². The standard InChI is InChI=1S/C14H18BrNO2/c1-16(13-8-11(9-13)14(17)18)7-6-10-2-4-12(15)5-3-10/h2-5,11,13H,6-9H2,1H3,(H,17,18). The number of carboxylic acid groups (broad SMARTS) is 1. The highest BCUT2D eigenvalue weighted by Crippen LogP contribution is 2.31. The van der Waals surface area contributed by atoms with E-state index in [1.807, 2.05) is 0 Å². The summed E-state index contributed by atoms with van der Waals surface area (Å²) >= 11 is 3.42. The van der Waals surface area contributed by atoms with Gasteiger partial charge in [0.2, 0.25) is 0 Å². The Kier molecular flexibility index (Phi) is 4.40. The van der Waals surface area contributed by atoms with Gasteiger partial charge in [0.15, 0.2) is 0 Å². The first-order valence-electron chi connectivity index (χ1n) is 6.23. The van der Waals surface area contributed by atoms with Crippen LogP contribution in [0.5, 0.6) is 0 Å². The Labute approximate surface area is 116 Å². The Bertz CT molecular complexity index is 412. The molecule has 2 rings (SSSR count). The molecule has 1 aliphatic carbocycles. The lowest BCUT2D eigenvalue weighted by Crippen LogP contribution is -2.45. The number of carboxylic acids is 1. The molecule has 0 aliphatic heterocycles. The molecule has 1 N–H and O–H groups in total. The summed E-state index contributed by atoms with van der Waals surface area (Å²) in [5.74, 6) is -0.766. The van der Waals surface area contributed by atoms with Gasteiger partial charge < -0.3 is 10.0 Å². The molecule has 0 aromatic heterocycles. The van der Waals surface area contributed by atoms with Crippen LogP contribution in [0.2, 0.25) is 0 Å². The summed E-state index contributed by atoms with van der Waals surface area (Å²) in [6.07, 6.45) is 2.61. The van der Waals surface area contributed by atoms with Crippen LogP contribution in [0.3, 0.4) is 0 Å². The summed E-state index contributed by atoms with van der Waals surface area (Å²) in [5, 5.41) is 8.84. The Morgan fingerprint density at radius 1 is 1.39 bits per heavy atom. The van der Waals surface area contributed by atoms with Crippen molar-refractivity contribution >= 4 is 21.9 Å². The van der Waals surface area contributed by atoms with Crippen molar-refractivity contribution in [3.05, 3.63) is 34.3 Å². The van der Waals surface area contributed by atoms with E-state index in [1.165, 1.54) is 5.56 Å². The average molecular weight is 312 g/mol. The van der Waals surface area contributed by atoms with Crippen molar-refractivity contribution in [3.8, 4) is 0 Å². The van der Waals surface area contributed by atoms with Crippen LogP contribution < -0.4 is 0 Å². The third-order valence-electron chi connectivity index (χ3n) is 3.75. The topological polar surface area (TPSA) is 40.5 Å². The predicted molar refractivity (Wildman–Crippen MR) is 74.6 cm³/mol. The van der Waals surface area contributed by atoms with E-state index in [9.17, 15) is 4.79 Å². The molecule has 0 spiro atoms. The van der Waals surface area contributed by atoms with E-state index >= 15 is 0 Å². The zero-order valence-electron chi connectivity index (χ0n) is 10.5. The first-order chi connectivity index (χ1) is 8.56. The van der Waals surface area contributed by atoms with Gasteiger partial charge in [-0.25, -0.2) is 0 Å². The predicted octanol–water partition coefficient (Wildman–Crippen LogP) is 2.79. The summed E-state index contributed by atoms with van der Waals surface area (Å²) in [6, 6.07) is 8.80. The summed E-state index contributed by atoms with van der Waals surface area (Å²) in [5.41, 5.74) is 1.32. The van der Waals surface area contributed by atoms with Crippen molar-refractivity contribution in [3.63, 3.8) is 0 Å². The smallest absolute Gasteiger partial charge is 0.306 e. The summed E-state index contributed by atoms with van der Waals surface area (Å²) < 4.78 is 1.10. The zero-order chi connectivity index (χ0) is 13.1. The number of carbonyl (C=O) groups is 1. The fraction of sp³-hybridized carbons (Fsp3) is 0.500. The zero-order valence-corrected chi connectivity index (χ0v) is 12.1. The Morgan fingerprint density at radius 2 is 2.00 bits per heavy atom. The van der Waals surface area contributed by atoms with Crippen LogP contribution in [-0.2, 0) is 11.2 Å². The van der Waals surface area contributed by atoms with Crippen molar-refractivity contribution in [1.29, 1.82) is 0 Å². The van der Waals surface area contributed by atoms with E-state index in [4.69, 9.17) is 5.11 Å². The number of halogens is 1. The fourth-order valence-corrected chi connectivity index (χ4v) is 2.55. The van der Waals surface area contributed by atoms with Crippen LogP contribution in [0.1, 0.15) is 18.4 Å². The normalized spacial score (nSPS) is 22.8. The van der Waals surface area contributed by atoms with Crippen LogP contribution in [-0.4, -0.2) is 35.6 Å². The van der Waals surface area contributed by atoms with Crippen LogP contribution in [0.25, 0.3) is 0 Å². The first-order valence-corrected chi connectivity index (χ1v) is 7.03. The van der Waals surface area contributed by atoms with E-state index in [-0.39, 0.29) is 5.92 Å². The minimum Gasteiger partial charge on any atom is -0.481 e. The Morgan fingerprint density at radius 3 is 2.56 bits per heavy atom. The molecule has 3 nitrogen and oxygen atoms in total. The second-order valence-electron chi connectivity index (χ2n) is 5.02. The molecule has 1 aromatic carbocycles. The van der Waals surface area contributed by atoms with Crippen LogP contribution >= 0.6 is 15.9 Å². The van der Waals surface area contributed by atoms with E-state index in [1.54, 1.807) is 0 Å². The maximum atomic E-state index is 10.7. The van der Waals surface area contributed by atoms with Gasteiger partial charge in [0, 0.05) is 17.1 Å². The summed E-state index contributed by atoms with van der Waals surface area (Å²) in [6.45, 7) is 0.985. The maximum absolute atomic E-state index is 10.7. The molecule has 1 aliphatic rings. The molecule has 0 atom stereocenters. The van der Waals surface area contributed by atoms with Crippen LogP contribution in [0, 0.1) is 5.92 Å². The highest BCUT2D eigenvalue weighted by atomic mass is 79.9. The van der Waals surface area contributed by atoms with Gasteiger partial charge in [0.1, 0.15) is 0 Å². The molecule has 0 amide bonds. The van der Waals surface area contributed by atoms with Gasteiger partial charge >= 0.3 is 5.97 Å². The molecule has 18 heavy (non-hydrogen) atoms. The van der Waals surface area contributed by atoms with E-state index in [2.05, 4.69) is 52.1 Å². The molecule has 0 radical (unpaired) electrons. The number of benzene rings is 1. The average Bonchev–Trinajstić information content (AvgIpc) is 2.25. The first kappa shape index (κ1) is 13.6. The number of hydrogen-bond donors (Lipinski definition) is 1. The fourth-order valence-electron chi connectivity index (χ4n) is 2.29. The summed E-state index contributed by atoms with van der Waals surface area (Å²) in [4.78, 5) is 13.0. The third-order valence-corrected chi connectivity index (χ3v) is 4.28. The van der Waals surface area contributed by atoms with E-state index in [0.29, 0.717) is 6.04 Å². The SMILES string of the molecule is CN(CCc1ccc(Br)cc1)C1CC(C(=O)O)C1. The number of nitrogens with zero attached hydrogens (tertiary/aromatic N) is 1. The Hall–Kier alpha value is -0.870. The van der Waals surface area contributed by atoms with Gasteiger partial charge in [0.25, 0.3) is 0 Å². The van der Waals surface area contributed by atoms with E-state index in [0.717, 1.165) is 30.3 Å². The lowest BCUT2D eigenvalue weighted by Gasteiger charge is -2.39. The van der Waals surface area contributed by atoms with Gasteiger partial charge in [-0.2, -0.15) is 0 Å². The largest absolute Gasteiger partial charge is 0.481 e. The van der Waals surface area contributed by atoms with Crippen molar-refractivity contribution in [2.75, 3.05) is 13.6 Å². The number of likely N-dealkylation sites (N-methyl/N-ethyl adjacent to an activating group) is 1.